The predicted octanol–water partition coefficient (Wildman–Crippen LogP) is 4.12. The van der Waals surface area contributed by atoms with Crippen molar-refractivity contribution in [2.24, 2.45) is 15.4 Å². The number of hydrogen-bond acceptors (Lipinski definition) is 6. The Kier molecular flexibility index (Phi) is 6.39. The van der Waals surface area contributed by atoms with Crippen LogP contribution >= 0.6 is 0 Å². The predicted molar refractivity (Wildman–Crippen MR) is 146 cm³/mol. The maximum atomic E-state index is 14.0. The number of urea groups is 1. The molecule has 1 unspecified atom stereocenters. The van der Waals surface area contributed by atoms with E-state index >= 15 is 0 Å². The van der Waals surface area contributed by atoms with E-state index in [4.69, 9.17) is 0 Å². The molecule has 3 fully saturated rings. The number of rotatable bonds is 6. The standard InChI is InChI=1S/C29H39N7O/c1-26(20-31-2)32-17-24(18-33-26)35-22-28(36(25(35)37)21-27(19-30)11-8-12-27)13-15-29(16-14-28,34(3)4)23-9-6-5-7-10-23/h5-7,9-10,17-18,20,32H,8,11-16,21-22H2,1-4H3. The smallest absolute Gasteiger partial charge is 0.325 e. The number of carbonyl (C=O) groups is 1. The molecular formula is C29H39N7O. The van der Waals surface area contributed by atoms with Crippen molar-refractivity contribution in [1.82, 2.24) is 20.0 Å². The lowest BCUT2D eigenvalue weighted by molar-refractivity contribution is 0.00753. The van der Waals surface area contributed by atoms with Crippen LogP contribution in [0, 0.1) is 16.7 Å². The highest BCUT2D eigenvalue weighted by atomic mass is 16.2. The molecule has 0 aromatic heterocycles. The normalized spacial score (nSPS) is 33.0. The fraction of sp³-hybridized carbons (Fsp3) is 0.586. The summed E-state index contributed by atoms with van der Waals surface area (Å²) in [7, 11) is 6.06. The van der Waals surface area contributed by atoms with Gasteiger partial charge in [-0.2, -0.15) is 5.26 Å². The molecule has 2 amide bonds. The van der Waals surface area contributed by atoms with Crippen LogP contribution in [0.4, 0.5) is 4.79 Å². The lowest BCUT2D eigenvalue weighted by Crippen LogP contribution is -2.57. The van der Waals surface area contributed by atoms with Crippen LogP contribution in [0.25, 0.3) is 0 Å². The summed E-state index contributed by atoms with van der Waals surface area (Å²) in [4.78, 5) is 29.1. The molecule has 2 saturated carbocycles. The van der Waals surface area contributed by atoms with Gasteiger partial charge in [0, 0.05) is 37.8 Å². The van der Waals surface area contributed by atoms with Gasteiger partial charge >= 0.3 is 6.03 Å². The molecule has 1 aromatic carbocycles. The largest absolute Gasteiger partial charge is 0.361 e. The van der Waals surface area contributed by atoms with Gasteiger partial charge in [0.1, 0.15) is 0 Å². The summed E-state index contributed by atoms with van der Waals surface area (Å²) in [6.07, 6.45) is 11.9. The second-order valence-electron chi connectivity index (χ2n) is 11.7. The third kappa shape index (κ3) is 4.23. The molecule has 1 saturated heterocycles. The molecule has 1 aromatic rings. The van der Waals surface area contributed by atoms with Crippen molar-refractivity contribution in [3.63, 3.8) is 0 Å². The lowest BCUT2D eigenvalue weighted by Gasteiger charge is -2.52. The van der Waals surface area contributed by atoms with Gasteiger partial charge in [-0.1, -0.05) is 36.8 Å². The second kappa shape index (κ2) is 9.29. The summed E-state index contributed by atoms with van der Waals surface area (Å²) in [5.74, 6) is 0. The number of benzene rings is 1. The number of nitrogens with one attached hydrogen (secondary N) is 1. The van der Waals surface area contributed by atoms with Crippen molar-refractivity contribution < 1.29 is 4.79 Å². The molecule has 37 heavy (non-hydrogen) atoms. The molecule has 4 aliphatic rings. The zero-order valence-corrected chi connectivity index (χ0v) is 22.6. The Hall–Kier alpha value is -3.18. The van der Waals surface area contributed by atoms with Crippen LogP contribution in [0.2, 0.25) is 0 Å². The average Bonchev–Trinajstić information content (AvgIpc) is 3.13. The van der Waals surface area contributed by atoms with Crippen LogP contribution < -0.4 is 5.32 Å². The van der Waals surface area contributed by atoms with E-state index in [9.17, 15) is 10.1 Å². The number of hydrogen-bond donors (Lipinski definition) is 1. The molecule has 8 nitrogen and oxygen atoms in total. The lowest BCUT2D eigenvalue weighted by atomic mass is 9.66. The molecule has 2 heterocycles. The number of carbonyl (C=O) groups excluding carboxylic acids is 1. The van der Waals surface area contributed by atoms with Crippen LogP contribution in [-0.2, 0) is 5.54 Å². The van der Waals surface area contributed by atoms with E-state index in [1.54, 1.807) is 19.5 Å². The summed E-state index contributed by atoms with van der Waals surface area (Å²) in [5, 5.41) is 13.3. The van der Waals surface area contributed by atoms with Crippen LogP contribution in [0.1, 0.15) is 57.4 Å². The van der Waals surface area contributed by atoms with Crippen molar-refractivity contribution in [3.05, 3.63) is 47.8 Å². The summed E-state index contributed by atoms with van der Waals surface area (Å²) in [5.41, 5.74) is 0.704. The van der Waals surface area contributed by atoms with E-state index in [-0.39, 0.29) is 17.1 Å². The summed E-state index contributed by atoms with van der Waals surface area (Å²) >= 11 is 0. The van der Waals surface area contributed by atoms with Crippen molar-refractivity contribution >= 4 is 18.5 Å². The van der Waals surface area contributed by atoms with E-state index < -0.39 is 11.1 Å². The fourth-order valence-electron chi connectivity index (χ4n) is 6.71. The van der Waals surface area contributed by atoms with E-state index in [1.807, 2.05) is 18.0 Å². The van der Waals surface area contributed by atoms with Gasteiger partial charge in [-0.3, -0.25) is 19.8 Å². The zero-order valence-electron chi connectivity index (χ0n) is 22.6. The SMILES string of the molecule is CN=CC1(C)N=CC(N2CC3(CCC(c4ccccc4)(N(C)C)CC3)N(CC3(C#N)CCC3)C2=O)=CN1. The highest BCUT2D eigenvalue weighted by molar-refractivity contribution is 5.91. The highest BCUT2D eigenvalue weighted by Gasteiger charge is 2.57. The summed E-state index contributed by atoms with van der Waals surface area (Å²) in [6.45, 7) is 3.07. The number of aliphatic imine (C=N–C) groups is 2. The molecule has 196 valence electrons. The Morgan fingerprint density at radius 2 is 1.86 bits per heavy atom. The monoisotopic (exact) mass is 501 g/mol. The van der Waals surface area contributed by atoms with Gasteiger partial charge in [-0.15, -0.1) is 0 Å². The fourth-order valence-corrected chi connectivity index (χ4v) is 6.71. The van der Waals surface area contributed by atoms with Gasteiger partial charge in [0.25, 0.3) is 0 Å². The Labute approximate surface area is 220 Å². The molecule has 0 bridgehead atoms. The van der Waals surface area contributed by atoms with Gasteiger partial charge in [-0.05, 0) is 65.1 Å². The molecular weight excluding hydrogens is 462 g/mol. The topological polar surface area (TPSA) is 87.3 Å². The van der Waals surface area contributed by atoms with Crippen molar-refractivity contribution in [1.29, 1.82) is 5.26 Å². The number of allylic oxidation sites excluding steroid dienone is 1. The minimum absolute atomic E-state index is 0.00847. The Morgan fingerprint density at radius 1 is 1.16 bits per heavy atom. The molecule has 1 N–H and O–H groups in total. The summed E-state index contributed by atoms with van der Waals surface area (Å²) in [6, 6.07) is 13.3. The zero-order chi connectivity index (χ0) is 26.3. The average molecular weight is 502 g/mol. The maximum absolute atomic E-state index is 14.0. The van der Waals surface area contributed by atoms with Crippen molar-refractivity contribution in [2.45, 2.75) is 68.6 Å². The quantitative estimate of drug-likeness (QED) is 0.594. The van der Waals surface area contributed by atoms with Gasteiger partial charge in [0.05, 0.1) is 29.3 Å². The Morgan fingerprint density at radius 3 is 2.38 bits per heavy atom. The Bertz CT molecular complexity index is 1150. The van der Waals surface area contributed by atoms with Crippen LogP contribution in [0.5, 0.6) is 0 Å². The molecule has 8 heteroatoms. The second-order valence-corrected chi connectivity index (χ2v) is 11.7. The van der Waals surface area contributed by atoms with Crippen molar-refractivity contribution in [2.75, 3.05) is 34.2 Å². The van der Waals surface area contributed by atoms with E-state index in [2.05, 4.69) is 75.6 Å². The van der Waals surface area contributed by atoms with E-state index in [0.717, 1.165) is 50.6 Å². The van der Waals surface area contributed by atoms with Gasteiger partial charge in [-0.25, -0.2) is 4.79 Å². The highest BCUT2D eigenvalue weighted by Crippen LogP contribution is 2.51. The van der Waals surface area contributed by atoms with Gasteiger partial charge < -0.3 is 10.2 Å². The first kappa shape index (κ1) is 25.5. The van der Waals surface area contributed by atoms with Crippen LogP contribution in [0.15, 0.2) is 52.2 Å². The van der Waals surface area contributed by atoms with Crippen molar-refractivity contribution in [3.8, 4) is 6.07 Å². The van der Waals surface area contributed by atoms with E-state index in [1.165, 1.54) is 5.56 Å². The number of nitriles is 1. The first-order chi connectivity index (χ1) is 17.7. The minimum atomic E-state index is -0.610. The minimum Gasteiger partial charge on any atom is -0.361 e. The molecule has 2 aliphatic carbocycles. The first-order valence-electron chi connectivity index (χ1n) is 13.4. The first-order valence-corrected chi connectivity index (χ1v) is 13.4. The van der Waals surface area contributed by atoms with E-state index in [0.29, 0.717) is 13.1 Å². The maximum Gasteiger partial charge on any atom is 0.325 e. The summed E-state index contributed by atoms with van der Waals surface area (Å²) < 4.78 is 0. The Balaban J connectivity index is 1.45. The molecule has 1 spiro atoms. The third-order valence-electron chi connectivity index (χ3n) is 9.34. The van der Waals surface area contributed by atoms with Crippen LogP contribution in [-0.4, -0.2) is 78.6 Å². The number of nitrogens with zero attached hydrogens (tertiary/aromatic N) is 6. The molecule has 2 aliphatic heterocycles. The number of amides is 2. The third-order valence-corrected chi connectivity index (χ3v) is 9.34. The molecule has 0 radical (unpaired) electrons. The van der Waals surface area contributed by atoms with Crippen LogP contribution in [0.3, 0.4) is 0 Å². The van der Waals surface area contributed by atoms with Gasteiger partial charge in [0.15, 0.2) is 5.66 Å². The van der Waals surface area contributed by atoms with Gasteiger partial charge in [0.2, 0.25) is 0 Å². The molecule has 5 rings (SSSR count). The molecule has 1 atom stereocenters.